The van der Waals surface area contributed by atoms with Gasteiger partial charge in [0, 0.05) is 11.8 Å². The molecule has 0 fully saturated rings. The normalized spacial score (nSPS) is 10.8. The van der Waals surface area contributed by atoms with Crippen LogP contribution in [0, 0.1) is 12.7 Å². The third-order valence-electron chi connectivity index (χ3n) is 4.97. The summed E-state index contributed by atoms with van der Waals surface area (Å²) in [5.74, 6) is 1.16. The first kappa shape index (κ1) is 20.4. The van der Waals surface area contributed by atoms with Gasteiger partial charge in [0.15, 0.2) is 11.5 Å². The minimum absolute atomic E-state index is 0.116. The molecule has 0 spiro atoms. The molecule has 0 radical (unpaired) electrons. The van der Waals surface area contributed by atoms with Crippen molar-refractivity contribution in [3.05, 3.63) is 77.7 Å². The topological polar surface area (TPSA) is 64.9 Å². The number of pyridine rings is 1. The van der Waals surface area contributed by atoms with Crippen molar-refractivity contribution in [2.24, 2.45) is 0 Å². The Morgan fingerprint density at radius 3 is 2.48 bits per heavy atom. The Labute approximate surface area is 179 Å². The standard InChI is InChI=1S/C24H22FN3O3/c1-15-10-11-28-21(12-15)26-23(17-6-9-19(30-2)20(14-17)31-3)24(28)27-22(29)13-16-4-7-18(25)8-5-16/h4-12,14H,13H2,1-3H3,(H,27,29). The van der Waals surface area contributed by atoms with Gasteiger partial charge in [-0.3, -0.25) is 9.20 Å². The number of fused-ring (bicyclic) bond motifs is 1. The first-order chi connectivity index (χ1) is 15.0. The van der Waals surface area contributed by atoms with Gasteiger partial charge in [-0.2, -0.15) is 0 Å². The Kier molecular flexibility index (Phi) is 5.58. The van der Waals surface area contributed by atoms with E-state index in [9.17, 15) is 9.18 Å². The number of rotatable bonds is 6. The van der Waals surface area contributed by atoms with Crippen LogP contribution in [0.15, 0.2) is 60.8 Å². The maximum atomic E-state index is 13.2. The second kappa shape index (κ2) is 8.47. The fourth-order valence-corrected chi connectivity index (χ4v) is 3.41. The van der Waals surface area contributed by atoms with Gasteiger partial charge in [0.25, 0.3) is 0 Å². The van der Waals surface area contributed by atoms with Crippen LogP contribution in [0.4, 0.5) is 10.2 Å². The van der Waals surface area contributed by atoms with E-state index in [1.807, 2.05) is 41.8 Å². The minimum atomic E-state index is -0.336. The summed E-state index contributed by atoms with van der Waals surface area (Å²) in [5.41, 5.74) is 3.87. The Bertz CT molecular complexity index is 1250. The maximum absolute atomic E-state index is 13.2. The molecule has 0 aliphatic heterocycles. The predicted octanol–water partition coefficient (Wildman–Crippen LogP) is 4.65. The quantitative estimate of drug-likeness (QED) is 0.494. The molecule has 0 atom stereocenters. The minimum Gasteiger partial charge on any atom is -0.493 e. The highest BCUT2D eigenvalue weighted by Gasteiger charge is 2.18. The summed E-state index contributed by atoms with van der Waals surface area (Å²) in [4.78, 5) is 17.5. The number of halogens is 1. The number of hydrogen-bond donors (Lipinski definition) is 1. The van der Waals surface area contributed by atoms with Crippen molar-refractivity contribution in [2.75, 3.05) is 19.5 Å². The number of nitrogens with one attached hydrogen (secondary N) is 1. The molecule has 4 aromatic rings. The highest BCUT2D eigenvalue weighted by Crippen LogP contribution is 2.35. The SMILES string of the molecule is COc1ccc(-c2nc3cc(C)ccn3c2NC(=O)Cc2ccc(F)cc2)cc1OC. The third kappa shape index (κ3) is 4.21. The van der Waals surface area contributed by atoms with E-state index < -0.39 is 0 Å². The first-order valence-corrected chi connectivity index (χ1v) is 9.74. The van der Waals surface area contributed by atoms with Gasteiger partial charge in [-0.15, -0.1) is 0 Å². The molecular weight excluding hydrogens is 397 g/mol. The summed E-state index contributed by atoms with van der Waals surface area (Å²) in [6, 6.07) is 15.3. The molecule has 6 nitrogen and oxygen atoms in total. The number of nitrogens with zero attached hydrogens (tertiary/aromatic N) is 2. The number of methoxy groups -OCH3 is 2. The lowest BCUT2D eigenvalue weighted by molar-refractivity contribution is -0.115. The highest BCUT2D eigenvalue weighted by molar-refractivity contribution is 5.96. The van der Waals surface area contributed by atoms with E-state index in [0.717, 1.165) is 16.7 Å². The van der Waals surface area contributed by atoms with E-state index in [2.05, 4.69) is 5.32 Å². The van der Waals surface area contributed by atoms with Gasteiger partial charge in [-0.05, 0) is 60.5 Å². The lowest BCUT2D eigenvalue weighted by atomic mass is 10.1. The van der Waals surface area contributed by atoms with Gasteiger partial charge in [0.1, 0.15) is 23.0 Å². The van der Waals surface area contributed by atoms with Crippen LogP contribution in [0.2, 0.25) is 0 Å². The van der Waals surface area contributed by atoms with E-state index in [0.29, 0.717) is 28.7 Å². The lowest BCUT2D eigenvalue weighted by Gasteiger charge is -2.11. The second-order valence-electron chi connectivity index (χ2n) is 7.16. The number of aromatic nitrogens is 2. The second-order valence-corrected chi connectivity index (χ2v) is 7.16. The molecule has 158 valence electrons. The maximum Gasteiger partial charge on any atom is 0.229 e. The molecule has 0 saturated heterocycles. The van der Waals surface area contributed by atoms with Crippen molar-refractivity contribution in [3.63, 3.8) is 0 Å². The zero-order valence-corrected chi connectivity index (χ0v) is 17.5. The van der Waals surface area contributed by atoms with Crippen LogP contribution in [-0.2, 0) is 11.2 Å². The Balaban J connectivity index is 1.74. The first-order valence-electron chi connectivity index (χ1n) is 9.74. The Morgan fingerprint density at radius 1 is 1.03 bits per heavy atom. The fourth-order valence-electron chi connectivity index (χ4n) is 3.41. The van der Waals surface area contributed by atoms with Crippen LogP contribution >= 0.6 is 0 Å². The molecule has 0 aliphatic rings. The zero-order chi connectivity index (χ0) is 22.0. The van der Waals surface area contributed by atoms with Crippen molar-refractivity contribution in [3.8, 4) is 22.8 Å². The largest absolute Gasteiger partial charge is 0.493 e. The number of anilines is 1. The molecule has 7 heteroatoms. The third-order valence-corrected chi connectivity index (χ3v) is 4.97. The average molecular weight is 419 g/mol. The number of benzene rings is 2. The van der Waals surface area contributed by atoms with Crippen molar-refractivity contribution >= 4 is 17.4 Å². The number of hydrogen-bond acceptors (Lipinski definition) is 4. The number of aryl methyl sites for hydroxylation is 1. The summed E-state index contributed by atoms with van der Waals surface area (Å²) in [7, 11) is 3.15. The smallest absolute Gasteiger partial charge is 0.229 e. The molecule has 2 aromatic carbocycles. The molecule has 31 heavy (non-hydrogen) atoms. The Morgan fingerprint density at radius 2 is 1.77 bits per heavy atom. The summed E-state index contributed by atoms with van der Waals surface area (Å²) in [6.07, 6.45) is 1.99. The molecule has 1 amide bonds. The average Bonchev–Trinajstić information content (AvgIpc) is 3.11. The predicted molar refractivity (Wildman–Crippen MR) is 117 cm³/mol. The molecule has 0 aliphatic carbocycles. The van der Waals surface area contributed by atoms with Gasteiger partial charge >= 0.3 is 0 Å². The monoisotopic (exact) mass is 419 g/mol. The molecule has 0 unspecified atom stereocenters. The summed E-state index contributed by atoms with van der Waals surface area (Å²) < 4.78 is 25.7. The zero-order valence-electron chi connectivity index (χ0n) is 17.5. The van der Waals surface area contributed by atoms with Crippen LogP contribution in [-0.4, -0.2) is 29.5 Å². The number of carbonyl (C=O) groups is 1. The van der Waals surface area contributed by atoms with Crippen molar-refractivity contribution < 1.29 is 18.7 Å². The summed E-state index contributed by atoms with van der Waals surface area (Å²) >= 11 is 0. The van der Waals surface area contributed by atoms with Gasteiger partial charge in [0.05, 0.1) is 20.6 Å². The van der Waals surface area contributed by atoms with Crippen LogP contribution in [0.25, 0.3) is 16.9 Å². The molecule has 1 N–H and O–H groups in total. The molecule has 2 heterocycles. The summed E-state index contributed by atoms with van der Waals surface area (Å²) in [6.45, 7) is 1.98. The molecule has 4 rings (SSSR count). The number of carbonyl (C=O) groups excluding carboxylic acids is 1. The highest BCUT2D eigenvalue weighted by atomic mass is 19.1. The van der Waals surface area contributed by atoms with Crippen LogP contribution in [0.1, 0.15) is 11.1 Å². The van der Waals surface area contributed by atoms with Crippen molar-refractivity contribution in [2.45, 2.75) is 13.3 Å². The van der Waals surface area contributed by atoms with Crippen LogP contribution in [0.5, 0.6) is 11.5 Å². The van der Waals surface area contributed by atoms with E-state index in [1.165, 1.54) is 12.1 Å². The Hall–Kier alpha value is -3.87. The van der Waals surface area contributed by atoms with E-state index in [-0.39, 0.29) is 18.1 Å². The van der Waals surface area contributed by atoms with Gasteiger partial charge in [-0.1, -0.05) is 12.1 Å². The van der Waals surface area contributed by atoms with E-state index >= 15 is 0 Å². The van der Waals surface area contributed by atoms with Crippen molar-refractivity contribution in [1.29, 1.82) is 0 Å². The molecule has 0 saturated carbocycles. The number of imidazole rings is 1. The van der Waals surface area contributed by atoms with Gasteiger partial charge in [-0.25, -0.2) is 9.37 Å². The molecule has 2 aromatic heterocycles. The van der Waals surface area contributed by atoms with Crippen LogP contribution < -0.4 is 14.8 Å². The van der Waals surface area contributed by atoms with Crippen molar-refractivity contribution in [1.82, 2.24) is 9.38 Å². The van der Waals surface area contributed by atoms with Gasteiger partial charge < -0.3 is 14.8 Å². The molecule has 0 bridgehead atoms. The number of ether oxygens (including phenoxy) is 2. The number of amides is 1. The molecular formula is C24H22FN3O3. The summed E-state index contributed by atoms with van der Waals surface area (Å²) in [5, 5.41) is 2.98. The van der Waals surface area contributed by atoms with E-state index in [4.69, 9.17) is 14.5 Å². The van der Waals surface area contributed by atoms with E-state index in [1.54, 1.807) is 32.4 Å². The lowest BCUT2D eigenvalue weighted by Crippen LogP contribution is -2.16. The fraction of sp³-hybridized carbons (Fsp3) is 0.167. The van der Waals surface area contributed by atoms with Crippen LogP contribution in [0.3, 0.4) is 0 Å². The van der Waals surface area contributed by atoms with Gasteiger partial charge in [0.2, 0.25) is 5.91 Å².